The number of rotatable bonds is 4. The summed E-state index contributed by atoms with van der Waals surface area (Å²) in [5, 5.41) is 0. The fourth-order valence-corrected chi connectivity index (χ4v) is 1.80. The molecule has 0 radical (unpaired) electrons. The summed E-state index contributed by atoms with van der Waals surface area (Å²) in [5.74, 6) is 1.06. The van der Waals surface area contributed by atoms with Crippen LogP contribution in [0.15, 0.2) is 30.7 Å². The summed E-state index contributed by atoms with van der Waals surface area (Å²) in [6.07, 6.45) is 5.65. The molecular weight excluding hydrogens is 202 g/mol. The Balaban J connectivity index is 2.27. The third-order valence-electron chi connectivity index (χ3n) is 2.64. The zero-order valence-electron chi connectivity index (χ0n) is 9.55. The maximum absolute atomic E-state index is 11.4. The van der Waals surface area contributed by atoms with Crippen molar-refractivity contribution < 1.29 is 4.79 Å². The molecule has 0 saturated carbocycles. The Kier molecular flexibility index (Phi) is 2.90. The zero-order valence-corrected chi connectivity index (χ0v) is 9.55. The lowest BCUT2D eigenvalue weighted by atomic mass is 10.3. The van der Waals surface area contributed by atoms with Crippen LogP contribution in [0.2, 0.25) is 0 Å². The fraction of sp³-hybridized carbons (Fsp3) is 0.333. The Hall–Kier alpha value is -1.84. The molecule has 16 heavy (non-hydrogen) atoms. The number of carbonyl (C=O) groups excluding carboxylic acids is 1. The lowest BCUT2D eigenvalue weighted by Crippen LogP contribution is -2.11. The van der Waals surface area contributed by atoms with E-state index in [0.29, 0.717) is 6.54 Å². The highest BCUT2D eigenvalue weighted by molar-refractivity contribution is 5.92. The van der Waals surface area contributed by atoms with E-state index >= 15 is 0 Å². The largest absolute Gasteiger partial charge is 0.338 e. The number of hydrogen-bond donors (Lipinski definition) is 0. The van der Waals surface area contributed by atoms with Crippen molar-refractivity contribution >= 4 is 5.78 Å². The Labute approximate surface area is 94.5 Å². The van der Waals surface area contributed by atoms with Gasteiger partial charge in [0.1, 0.15) is 5.82 Å². The van der Waals surface area contributed by atoms with E-state index in [1.165, 1.54) is 0 Å². The van der Waals surface area contributed by atoms with Crippen LogP contribution in [0.1, 0.15) is 30.2 Å². The number of Topliss-reactive ketones (excluding diaryl/α,β-unsaturated/α-hetero) is 1. The first-order chi connectivity index (χ1) is 7.72. The predicted octanol–water partition coefficient (Wildman–Crippen LogP) is 1.96. The van der Waals surface area contributed by atoms with E-state index in [2.05, 4.69) is 16.5 Å². The Morgan fingerprint density at radius 3 is 2.88 bits per heavy atom. The smallest absolute Gasteiger partial charge is 0.176 e. The second-order valence-electron chi connectivity index (χ2n) is 3.71. The minimum Gasteiger partial charge on any atom is -0.338 e. The second-order valence-corrected chi connectivity index (χ2v) is 3.71. The number of aromatic nitrogens is 3. The average Bonchev–Trinajstić information content (AvgIpc) is 2.86. The number of aryl methyl sites for hydroxylation is 1. The Morgan fingerprint density at radius 2 is 2.19 bits per heavy atom. The van der Waals surface area contributed by atoms with Gasteiger partial charge in [-0.3, -0.25) is 4.79 Å². The minimum absolute atomic E-state index is 0.0830. The summed E-state index contributed by atoms with van der Waals surface area (Å²) in [6.45, 7) is 5.19. The van der Waals surface area contributed by atoms with Crippen molar-refractivity contribution in [1.82, 2.24) is 14.1 Å². The lowest BCUT2D eigenvalue weighted by Gasteiger charge is -2.08. The molecule has 0 aromatic carbocycles. The molecule has 84 valence electrons. The topological polar surface area (TPSA) is 39.8 Å². The molecule has 0 atom stereocenters. The van der Waals surface area contributed by atoms with Gasteiger partial charge in [-0.2, -0.15) is 0 Å². The van der Waals surface area contributed by atoms with Gasteiger partial charge < -0.3 is 9.13 Å². The van der Waals surface area contributed by atoms with Crippen LogP contribution in [-0.4, -0.2) is 19.9 Å². The van der Waals surface area contributed by atoms with Gasteiger partial charge in [0.05, 0.1) is 12.2 Å². The summed E-state index contributed by atoms with van der Waals surface area (Å²) < 4.78 is 4.00. The number of hydrogen-bond acceptors (Lipinski definition) is 2. The van der Waals surface area contributed by atoms with E-state index in [1.807, 2.05) is 29.1 Å². The van der Waals surface area contributed by atoms with Gasteiger partial charge in [-0.1, -0.05) is 0 Å². The Bertz CT molecular complexity index is 496. The van der Waals surface area contributed by atoms with Crippen molar-refractivity contribution in [2.75, 3.05) is 0 Å². The number of carbonyl (C=O) groups is 1. The van der Waals surface area contributed by atoms with E-state index < -0.39 is 0 Å². The van der Waals surface area contributed by atoms with E-state index in [4.69, 9.17) is 0 Å². The molecule has 0 amide bonds. The molecule has 0 N–H and O–H groups in total. The molecule has 0 saturated heterocycles. The highest BCUT2D eigenvalue weighted by Crippen LogP contribution is 2.07. The summed E-state index contributed by atoms with van der Waals surface area (Å²) in [5.41, 5.74) is 0.727. The second kappa shape index (κ2) is 4.35. The zero-order chi connectivity index (χ0) is 11.5. The molecule has 2 rings (SSSR count). The Morgan fingerprint density at radius 1 is 1.38 bits per heavy atom. The molecule has 0 aliphatic rings. The summed E-state index contributed by atoms with van der Waals surface area (Å²) >= 11 is 0. The predicted molar refractivity (Wildman–Crippen MR) is 61.4 cm³/mol. The van der Waals surface area contributed by atoms with E-state index in [9.17, 15) is 4.79 Å². The van der Waals surface area contributed by atoms with Crippen molar-refractivity contribution in [2.24, 2.45) is 0 Å². The minimum atomic E-state index is 0.0830. The van der Waals surface area contributed by atoms with Crippen LogP contribution < -0.4 is 0 Å². The first-order valence-corrected chi connectivity index (χ1v) is 5.38. The van der Waals surface area contributed by atoms with E-state index in [1.54, 1.807) is 13.1 Å². The van der Waals surface area contributed by atoms with Crippen molar-refractivity contribution in [2.45, 2.75) is 26.9 Å². The van der Waals surface area contributed by atoms with Crippen LogP contribution in [-0.2, 0) is 13.1 Å². The highest BCUT2D eigenvalue weighted by Gasteiger charge is 2.08. The fourth-order valence-electron chi connectivity index (χ4n) is 1.80. The van der Waals surface area contributed by atoms with Crippen LogP contribution in [0.3, 0.4) is 0 Å². The molecule has 0 spiro atoms. The van der Waals surface area contributed by atoms with Crippen LogP contribution in [0, 0.1) is 0 Å². The summed E-state index contributed by atoms with van der Waals surface area (Å²) in [4.78, 5) is 15.7. The number of nitrogens with zero attached hydrogens (tertiary/aromatic N) is 3. The van der Waals surface area contributed by atoms with Gasteiger partial charge in [0, 0.05) is 32.1 Å². The molecule has 4 nitrogen and oxygen atoms in total. The summed E-state index contributed by atoms with van der Waals surface area (Å²) in [7, 11) is 0. The normalized spacial score (nSPS) is 10.6. The van der Waals surface area contributed by atoms with Crippen LogP contribution >= 0.6 is 0 Å². The van der Waals surface area contributed by atoms with Crippen molar-refractivity contribution in [3.8, 4) is 0 Å². The number of ketones is 1. The van der Waals surface area contributed by atoms with Gasteiger partial charge in [-0.05, 0) is 19.1 Å². The molecule has 2 aromatic heterocycles. The maximum Gasteiger partial charge on any atom is 0.176 e. The van der Waals surface area contributed by atoms with Gasteiger partial charge in [0.2, 0.25) is 0 Å². The van der Waals surface area contributed by atoms with Gasteiger partial charge in [0.25, 0.3) is 0 Å². The first kappa shape index (κ1) is 10.7. The lowest BCUT2D eigenvalue weighted by molar-refractivity contribution is 0.100. The van der Waals surface area contributed by atoms with Crippen molar-refractivity contribution in [3.05, 3.63) is 42.2 Å². The molecule has 0 fully saturated rings. The molecule has 0 bridgehead atoms. The quantitative estimate of drug-likeness (QED) is 0.734. The average molecular weight is 217 g/mol. The van der Waals surface area contributed by atoms with Gasteiger partial charge >= 0.3 is 0 Å². The van der Waals surface area contributed by atoms with Gasteiger partial charge in [-0.25, -0.2) is 4.98 Å². The van der Waals surface area contributed by atoms with E-state index in [0.717, 1.165) is 18.1 Å². The van der Waals surface area contributed by atoms with E-state index in [-0.39, 0.29) is 5.78 Å². The van der Waals surface area contributed by atoms with Crippen molar-refractivity contribution in [3.63, 3.8) is 0 Å². The number of imidazole rings is 1. The third kappa shape index (κ3) is 1.91. The molecular formula is C12H15N3O. The standard InChI is InChI=1S/C12H15N3O/c1-3-14-8-6-13-12(14)9-15-7-4-5-11(15)10(2)16/h4-8H,3,9H2,1-2H3. The van der Waals surface area contributed by atoms with Crippen LogP contribution in [0.5, 0.6) is 0 Å². The van der Waals surface area contributed by atoms with Gasteiger partial charge in [0.15, 0.2) is 5.78 Å². The van der Waals surface area contributed by atoms with Crippen molar-refractivity contribution in [1.29, 1.82) is 0 Å². The summed E-state index contributed by atoms with van der Waals surface area (Å²) in [6, 6.07) is 3.72. The SMILES string of the molecule is CCn1ccnc1Cn1cccc1C(C)=O. The van der Waals surface area contributed by atoms with Gasteiger partial charge in [-0.15, -0.1) is 0 Å². The molecule has 2 heterocycles. The molecule has 0 aliphatic carbocycles. The molecule has 4 heteroatoms. The van der Waals surface area contributed by atoms with Crippen LogP contribution in [0.25, 0.3) is 0 Å². The first-order valence-electron chi connectivity index (χ1n) is 5.38. The monoisotopic (exact) mass is 217 g/mol. The highest BCUT2D eigenvalue weighted by atomic mass is 16.1. The van der Waals surface area contributed by atoms with Crippen LogP contribution in [0.4, 0.5) is 0 Å². The molecule has 2 aromatic rings. The third-order valence-corrected chi connectivity index (χ3v) is 2.64. The molecule has 0 aliphatic heterocycles. The maximum atomic E-state index is 11.4. The molecule has 0 unspecified atom stereocenters.